The molecule has 42 heavy (non-hydrogen) atoms. The first kappa shape index (κ1) is 33.0. The average Bonchev–Trinajstić information content (AvgIpc) is 2.88. The van der Waals surface area contributed by atoms with Crippen LogP contribution in [0.1, 0.15) is 32.7 Å². The Labute approximate surface area is 248 Å². The van der Waals surface area contributed by atoms with Crippen molar-refractivity contribution in [3.8, 4) is 11.1 Å². The van der Waals surface area contributed by atoms with Crippen LogP contribution in [0.3, 0.4) is 0 Å². The zero-order chi connectivity index (χ0) is 31.6. The van der Waals surface area contributed by atoms with Crippen LogP contribution in [0.2, 0.25) is 0 Å². The van der Waals surface area contributed by atoms with E-state index in [-0.39, 0.29) is 41.8 Å². The van der Waals surface area contributed by atoms with Gasteiger partial charge in [0.1, 0.15) is 5.82 Å². The van der Waals surface area contributed by atoms with Gasteiger partial charge in [0.05, 0.1) is 11.3 Å². The first-order valence-corrected chi connectivity index (χ1v) is 13.1. The molecule has 224 valence electrons. The van der Waals surface area contributed by atoms with E-state index >= 15 is 4.39 Å². The third kappa shape index (κ3) is 6.75. The Morgan fingerprint density at radius 1 is 0.810 bits per heavy atom. The maximum Gasteiger partial charge on any atom is 0.435 e. The molecule has 0 atom stereocenters. The van der Waals surface area contributed by atoms with Crippen molar-refractivity contribution in [2.45, 2.75) is 24.4 Å². The number of nitrogens with two attached hydrogens (primary N) is 1. The summed E-state index contributed by atoms with van der Waals surface area (Å²) in [5.41, 5.74) is -3.34. The zero-order valence-electron chi connectivity index (χ0n) is 20.7. The second kappa shape index (κ2) is 12.4. The molecule has 0 saturated heterocycles. The molecule has 0 aliphatic carbocycles. The lowest BCUT2D eigenvalue weighted by molar-refractivity contribution is -0.348. The summed E-state index contributed by atoms with van der Waals surface area (Å²) in [6.07, 6.45) is -12.8. The largest absolute Gasteiger partial charge is 0.435 e. The van der Waals surface area contributed by atoms with Crippen molar-refractivity contribution in [1.82, 2.24) is 5.32 Å². The lowest BCUT2D eigenvalue weighted by Crippen LogP contribution is -2.50. The summed E-state index contributed by atoms with van der Waals surface area (Å²) >= 11 is 5.48. The summed E-state index contributed by atoms with van der Waals surface area (Å²) in [5, 5.41) is 4.64. The van der Waals surface area contributed by atoms with Crippen LogP contribution < -0.4 is 16.4 Å². The van der Waals surface area contributed by atoms with Gasteiger partial charge in [-0.3, -0.25) is 14.4 Å². The molecule has 0 heterocycles. The first-order chi connectivity index (χ1) is 19.4. The van der Waals surface area contributed by atoms with Gasteiger partial charge < -0.3 is 16.4 Å². The molecule has 6 nitrogen and oxygen atoms in total. The highest BCUT2D eigenvalue weighted by atomic mass is 79.9. The van der Waals surface area contributed by atoms with Crippen LogP contribution in [-0.4, -0.2) is 36.6 Å². The molecule has 0 aliphatic heterocycles. The number of benzene rings is 3. The molecule has 0 saturated carbocycles. The van der Waals surface area contributed by atoms with Crippen molar-refractivity contribution in [2.75, 3.05) is 11.9 Å². The number of primary amides is 1. The van der Waals surface area contributed by atoms with Crippen molar-refractivity contribution in [1.29, 1.82) is 0 Å². The fraction of sp³-hybridized carbons (Fsp3) is 0.192. The van der Waals surface area contributed by atoms with E-state index in [9.17, 15) is 45.1 Å². The fourth-order valence-corrected chi connectivity index (χ4v) is 5.10. The average molecular weight is 731 g/mol. The van der Waals surface area contributed by atoms with E-state index in [1.165, 1.54) is 36.4 Å². The topological polar surface area (TPSA) is 101 Å². The number of carbonyl (C=O) groups excluding carboxylic acids is 3. The number of nitrogens with one attached hydrogen (secondary N) is 2. The highest BCUT2D eigenvalue weighted by molar-refractivity contribution is 9.11. The smallest absolute Gasteiger partial charge is 0.370 e. The maximum atomic E-state index is 15.5. The Balaban J connectivity index is 1.93. The summed E-state index contributed by atoms with van der Waals surface area (Å²) in [5.74, 6) is -3.43. The van der Waals surface area contributed by atoms with Crippen LogP contribution in [0.4, 0.5) is 40.8 Å². The van der Waals surface area contributed by atoms with E-state index in [1.54, 1.807) is 0 Å². The normalized spacial score (nSPS) is 12.1. The summed E-state index contributed by atoms with van der Waals surface area (Å²) in [6.45, 7) is -0.0345. The molecule has 16 heteroatoms. The van der Waals surface area contributed by atoms with Crippen LogP contribution in [0.5, 0.6) is 0 Å². The van der Waals surface area contributed by atoms with Gasteiger partial charge in [-0.15, -0.1) is 0 Å². The molecule has 0 unspecified atom stereocenters. The lowest BCUT2D eigenvalue weighted by Gasteiger charge is -2.31. The molecular formula is C26H17Br2F8N3O3. The van der Waals surface area contributed by atoms with E-state index in [0.29, 0.717) is 0 Å². The molecule has 3 aromatic rings. The standard InChI is InChI=1S/C26H17Br2F8N3O3/c27-17-10-14(24(30,25(31,32)33)26(34,35)36)11-18(28)21(17)39-23(42)16-6-2-5-15(20(16)29)12-3-1-4-13(9-12)22(41)38-8-7-19(37)40/h1-6,9-11H,7-8H2,(H2,37,40)(H,38,41)(H,39,42). The number of alkyl halides is 7. The predicted octanol–water partition coefficient (Wildman–Crippen LogP) is 7.16. The van der Waals surface area contributed by atoms with Gasteiger partial charge in [0.25, 0.3) is 11.8 Å². The van der Waals surface area contributed by atoms with Gasteiger partial charge in [-0.25, -0.2) is 8.78 Å². The number of halogens is 10. The summed E-state index contributed by atoms with van der Waals surface area (Å²) in [7, 11) is 0. The molecule has 3 aromatic carbocycles. The molecule has 0 spiro atoms. The van der Waals surface area contributed by atoms with Gasteiger partial charge >= 0.3 is 18.0 Å². The third-order valence-electron chi connectivity index (χ3n) is 5.80. The summed E-state index contributed by atoms with van der Waals surface area (Å²) in [4.78, 5) is 36.2. The molecule has 3 rings (SSSR count). The van der Waals surface area contributed by atoms with Crippen LogP contribution in [0.25, 0.3) is 11.1 Å². The molecule has 3 amide bonds. The number of rotatable bonds is 8. The van der Waals surface area contributed by atoms with Crippen LogP contribution in [0.15, 0.2) is 63.5 Å². The second-order valence-corrected chi connectivity index (χ2v) is 10.4. The summed E-state index contributed by atoms with van der Waals surface area (Å²) in [6, 6.07) is 9.67. The quantitative estimate of drug-likeness (QED) is 0.215. The number of hydrogen-bond donors (Lipinski definition) is 3. The number of anilines is 1. The van der Waals surface area contributed by atoms with Crippen LogP contribution >= 0.6 is 31.9 Å². The number of amides is 3. The molecule has 4 N–H and O–H groups in total. The molecule has 0 fully saturated rings. The van der Waals surface area contributed by atoms with Crippen molar-refractivity contribution in [3.05, 3.63) is 86.1 Å². The van der Waals surface area contributed by atoms with E-state index < -0.39 is 67.3 Å². The Morgan fingerprint density at radius 2 is 1.38 bits per heavy atom. The van der Waals surface area contributed by atoms with Gasteiger partial charge in [-0.2, -0.15) is 26.3 Å². The minimum Gasteiger partial charge on any atom is -0.370 e. The van der Waals surface area contributed by atoms with E-state index in [1.807, 2.05) is 0 Å². The van der Waals surface area contributed by atoms with Crippen molar-refractivity contribution >= 4 is 55.3 Å². The molecular weight excluding hydrogens is 714 g/mol. The van der Waals surface area contributed by atoms with E-state index in [2.05, 4.69) is 42.5 Å². The van der Waals surface area contributed by atoms with Crippen molar-refractivity contribution in [3.63, 3.8) is 0 Å². The van der Waals surface area contributed by atoms with Crippen molar-refractivity contribution < 1.29 is 49.5 Å². The Hall–Kier alpha value is -3.53. The predicted molar refractivity (Wildman–Crippen MR) is 143 cm³/mol. The van der Waals surface area contributed by atoms with Crippen molar-refractivity contribution in [2.24, 2.45) is 5.73 Å². The summed E-state index contributed by atoms with van der Waals surface area (Å²) < 4.78 is 108. The Kier molecular flexibility index (Phi) is 9.71. The number of hydrogen-bond acceptors (Lipinski definition) is 3. The monoisotopic (exact) mass is 729 g/mol. The highest BCUT2D eigenvalue weighted by Gasteiger charge is 2.73. The highest BCUT2D eigenvalue weighted by Crippen LogP contribution is 2.54. The Morgan fingerprint density at radius 3 is 1.93 bits per heavy atom. The van der Waals surface area contributed by atoms with E-state index in [0.717, 1.165) is 6.07 Å². The van der Waals surface area contributed by atoms with Crippen LogP contribution in [-0.2, 0) is 10.5 Å². The zero-order valence-corrected chi connectivity index (χ0v) is 23.9. The molecule has 0 bridgehead atoms. The molecule has 0 radical (unpaired) electrons. The minimum atomic E-state index is -6.36. The second-order valence-electron chi connectivity index (χ2n) is 8.64. The van der Waals surface area contributed by atoms with E-state index in [4.69, 9.17) is 5.73 Å². The number of carbonyl (C=O) groups is 3. The SMILES string of the molecule is NC(=O)CCNC(=O)c1cccc(-c2cccc(C(=O)Nc3c(Br)cc(C(F)(C(F)(F)F)C(F)(F)F)cc3Br)c2F)c1. The van der Waals surface area contributed by atoms with Gasteiger partial charge in [-0.1, -0.05) is 24.3 Å². The van der Waals surface area contributed by atoms with Crippen LogP contribution in [0, 0.1) is 5.82 Å². The van der Waals surface area contributed by atoms with Gasteiger partial charge in [0.15, 0.2) is 0 Å². The van der Waals surface area contributed by atoms with Gasteiger partial charge in [0.2, 0.25) is 5.91 Å². The van der Waals surface area contributed by atoms with Gasteiger partial charge in [-0.05, 0) is 67.8 Å². The lowest BCUT2D eigenvalue weighted by atomic mass is 9.94. The molecule has 0 aromatic heterocycles. The third-order valence-corrected chi connectivity index (χ3v) is 7.05. The minimum absolute atomic E-state index is 0.0345. The fourth-order valence-electron chi connectivity index (χ4n) is 3.72. The molecule has 0 aliphatic rings. The first-order valence-electron chi connectivity index (χ1n) is 11.5. The van der Waals surface area contributed by atoms with Gasteiger partial charge in [0, 0.05) is 38.6 Å². The Bertz CT molecular complexity index is 1510. The maximum absolute atomic E-state index is 15.5.